The Balaban J connectivity index is 2.39. The minimum atomic E-state index is -3.87. The van der Waals surface area contributed by atoms with Crippen LogP contribution >= 0.6 is 7.60 Å². The van der Waals surface area contributed by atoms with Gasteiger partial charge in [-0.1, -0.05) is 30.3 Å². The molecule has 168 valence electrons. The van der Waals surface area contributed by atoms with Crippen LogP contribution in [0, 0.1) is 0 Å². The summed E-state index contributed by atoms with van der Waals surface area (Å²) < 4.78 is 37.9. The minimum absolute atomic E-state index is 0.169. The fourth-order valence-corrected chi connectivity index (χ4v) is 6.52. The molecule has 2 aromatic carbocycles. The molecular formula is C24H31O6P. The van der Waals surface area contributed by atoms with Gasteiger partial charge in [-0.15, -0.1) is 0 Å². The molecule has 0 saturated carbocycles. The molecule has 7 heteroatoms. The monoisotopic (exact) mass is 446 g/mol. The van der Waals surface area contributed by atoms with Crippen LogP contribution < -0.4 is 4.74 Å². The van der Waals surface area contributed by atoms with Crippen LogP contribution in [0.3, 0.4) is 0 Å². The van der Waals surface area contributed by atoms with E-state index < -0.39 is 19.2 Å². The Hall–Kier alpha value is -2.14. The number of esters is 1. The van der Waals surface area contributed by atoms with Gasteiger partial charge in [0, 0.05) is 5.56 Å². The molecule has 2 aromatic rings. The van der Waals surface area contributed by atoms with E-state index in [1.165, 1.54) is 0 Å². The molecule has 6 nitrogen and oxygen atoms in total. The summed E-state index contributed by atoms with van der Waals surface area (Å²) in [6.07, 6.45) is -0.937. The Morgan fingerprint density at radius 2 is 1.55 bits per heavy atom. The number of carbonyl (C=O) groups is 1. The van der Waals surface area contributed by atoms with E-state index in [-0.39, 0.29) is 23.9 Å². The molecule has 1 aliphatic heterocycles. The largest absolute Gasteiger partial charge is 0.495 e. The highest BCUT2D eigenvalue weighted by molar-refractivity contribution is 7.54. The third-order valence-electron chi connectivity index (χ3n) is 4.72. The lowest BCUT2D eigenvalue weighted by atomic mass is 9.94. The number of hydrogen-bond donors (Lipinski definition) is 0. The predicted molar refractivity (Wildman–Crippen MR) is 121 cm³/mol. The smallest absolute Gasteiger partial charge is 0.344 e. The first-order valence-corrected chi connectivity index (χ1v) is 12.2. The number of benzene rings is 2. The Labute approximate surface area is 184 Å². The van der Waals surface area contributed by atoms with Gasteiger partial charge in [-0.05, 0) is 65.3 Å². The summed E-state index contributed by atoms with van der Waals surface area (Å²) in [6.45, 7) is 12.6. The SMILES string of the molecule is C/C(OC(C)C)=C1/C(=O)Oc2ccc3ccccc3c2C1P(=O)(OC(C)C)OC(C)C. The number of rotatable bonds is 7. The number of fused-ring (bicyclic) bond motifs is 3. The topological polar surface area (TPSA) is 71.1 Å². The van der Waals surface area contributed by atoms with Crippen molar-refractivity contribution < 1.29 is 27.9 Å². The van der Waals surface area contributed by atoms with Crippen LogP contribution in [0.2, 0.25) is 0 Å². The summed E-state index contributed by atoms with van der Waals surface area (Å²) in [5.41, 5.74) is -0.190. The highest BCUT2D eigenvalue weighted by Crippen LogP contribution is 2.68. The van der Waals surface area contributed by atoms with E-state index in [4.69, 9.17) is 18.5 Å². The first kappa shape index (κ1) is 23.5. The van der Waals surface area contributed by atoms with E-state index in [1.54, 1.807) is 40.7 Å². The molecule has 1 heterocycles. The van der Waals surface area contributed by atoms with Crippen LogP contribution in [0.25, 0.3) is 10.8 Å². The van der Waals surface area contributed by atoms with Crippen LogP contribution in [-0.4, -0.2) is 24.3 Å². The van der Waals surface area contributed by atoms with Gasteiger partial charge in [0.15, 0.2) is 0 Å². The molecule has 0 N–H and O–H groups in total. The molecule has 0 aliphatic carbocycles. The van der Waals surface area contributed by atoms with E-state index in [0.29, 0.717) is 17.1 Å². The van der Waals surface area contributed by atoms with Crippen molar-refractivity contribution in [2.75, 3.05) is 0 Å². The quantitative estimate of drug-likeness (QED) is 0.158. The van der Waals surface area contributed by atoms with Crippen molar-refractivity contribution >= 4 is 24.3 Å². The fraction of sp³-hybridized carbons (Fsp3) is 0.458. The van der Waals surface area contributed by atoms with Crippen molar-refractivity contribution in [3.05, 3.63) is 53.3 Å². The van der Waals surface area contributed by atoms with Crippen molar-refractivity contribution in [2.45, 2.75) is 72.4 Å². The van der Waals surface area contributed by atoms with Crippen molar-refractivity contribution in [3.63, 3.8) is 0 Å². The molecule has 0 aromatic heterocycles. The van der Waals surface area contributed by atoms with Crippen LogP contribution in [0.1, 0.15) is 59.7 Å². The molecule has 0 radical (unpaired) electrons. The second-order valence-electron chi connectivity index (χ2n) is 8.48. The van der Waals surface area contributed by atoms with Gasteiger partial charge in [0.25, 0.3) is 0 Å². The summed E-state index contributed by atoms with van der Waals surface area (Å²) in [6, 6.07) is 11.3. The zero-order valence-electron chi connectivity index (χ0n) is 19.2. The molecule has 1 aliphatic rings. The number of carbonyl (C=O) groups excluding carboxylic acids is 1. The van der Waals surface area contributed by atoms with Gasteiger partial charge in [-0.2, -0.15) is 0 Å². The predicted octanol–water partition coefficient (Wildman–Crippen LogP) is 6.54. The van der Waals surface area contributed by atoms with Crippen molar-refractivity contribution in [2.24, 2.45) is 0 Å². The summed E-state index contributed by atoms with van der Waals surface area (Å²) >= 11 is 0. The summed E-state index contributed by atoms with van der Waals surface area (Å²) in [5, 5.41) is 1.76. The Morgan fingerprint density at radius 3 is 2.13 bits per heavy atom. The summed E-state index contributed by atoms with van der Waals surface area (Å²) in [7, 11) is -3.87. The minimum Gasteiger partial charge on any atom is -0.495 e. The second kappa shape index (κ2) is 9.15. The lowest BCUT2D eigenvalue weighted by Crippen LogP contribution is -2.28. The molecule has 1 atom stereocenters. The molecule has 0 saturated heterocycles. The molecule has 31 heavy (non-hydrogen) atoms. The van der Waals surface area contributed by atoms with Gasteiger partial charge in [0.1, 0.15) is 17.2 Å². The van der Waals surface area contributed by atoms with Gasteiger partial charge in [0.05, 0.1) is 23.9 Å². The third kappa shape index (κ3) is 4.87. The van der Waals surface area contributed by atoms with Gasteiger partial charge < -0.3 is 18.5 Å². The third-order valence-corrected chi connectivity index (χ3v) is 7.30. The Kier molecular flexibility index (Phi) is 6.95. The van der Waals surface area contributed by atoms with Gasteiger partial charge in [-0.3, -0.25) is 4.57 Å². The first-order valence-electron chi connectivity index (χ1n) is 10.6. The zero-order chi connectivity index (χ0) is 22.9. The molecule has 0 spiro atoms. The Bertz CT molecular complexity index is 1040. The van der Waals surface area contributed by atoms with Gasteiger partial charge >= 0.3 is 13.6 Å². The van der Waals surface area contributed by atoms with Crippen LogP contribution in [-0.2, 0) is 23.1 Å². The average molecular weight is 446 g/mol. The van der Waals surface area contributed by atoms with Crippen molar-refractivity contribution in [3.8, 4) is 5.75 Å². The zero-order valence-corrected chi connectivity index (χ0v) is 20.1. The van der Waals surface area contributed by atoms with Crippen molar-refractivity contribution in [1.29, 1.82) is 0 Å². The second-order valence-corrected chi connectivity index (χ2v) is 10.5. The lowest BCUT2D eigenvalue weighted by molar-refractivity contribution is -0.131. The van der Waals surface area contributed by atoms with E-state index in [2.05, 4.69) is 0 Å². The average Bonchev–Trinajstić information content (AvgIpc) is 2.64. The van der Waals surface area contributed by atoms with Gasteiger partial charge in [-0.25, -0.2) is 4.79 Å². The number of hydrogen-bond acceptors (Lipinski definition) is 6. The molecule has 0 fully saturated rings. The van der Waals surface area contributed by atoms with E-state index >= 15 is 0 Å². The maximum atomic E-state index is 14.4. The maximum absolute atomic E-state index is 14.4. The molecule has 1 unspecified atom stereocenters. The standard InChI is InChI=1S/C24H31O6P/c1-14(2)27-17(7)21-23(31(26,29-15(3)4)30-16(5)6)22-19-11-9-8-10-18(19)12-13-20(22)28-24(21)25/h8-16,23H,1-7H3/b21-17-. The lowest BCUT2D eigenvalue weighted by Gasteiger charge is -2.35. The van der Waals surface area contributed by atoms with E-state index in [9.17, 15) is 9.36 Å². The van der Waals surface area contributed by atoms with Gasteiger partial charge in [0.2, 0.25) is 0 Å². The number of ether oxygens (including phenoxy) is 2. The number of allylic oxidation sites excluding steroid dienone is 1. The van der Waals surface area contributed by atoms with E-state index in [0.717, 1.165) is 10.8 Å². The molecule has 0 amide bonds. The first-order chi connectivity index (χ1) is 14.5. The van der Waals surface area contributed by atoms with Crippen LogP contribution in [0.4, 0.5) is 0 Å². The Morgan fingerprint density at radius 1 is 0.935 bits per heavy atom. The normalized spacial score (nSPS) is 18.5. The molecule has 3 rings (SSSR count). The summed E-state index contributed by atoms with van der Waals surface area (Å²) in [5.74, 6) is 0.101. The van der Waals surface area contributed by atoms with Crippen LogP contribution in [0.15, 0.2) is 47.7 Å². The maximum Gasteiger partial charge on any atom is 0.344 e. The molecule has 0 bridgehead atoms. The molecular weight excluding hydrogens is 415 g/mol. The van der Waals surface area contributed by atoms with Crippen LogP contribution in [0.5, 0.6) is 5.75 Å². The summed E-state index contributed by atoms with van der Waals surface area (Å²) in [4.78, 5) is 13.2. The highest BCUT2D eigenvalue weighted by Gasteiger charge is 2.50. The van der Waals surface area contributed by atoms with Crippen molar-refractivity contribution in [1.82, 2.24) is 0 Å². The fourth-order valence-electron chi connectivity index (χ4n) is 3.86. The van der Waals surface area contributed by atoms with E-state index in [1.807, 2.05) is 44.2 Å². The highest BCUT2D eigenvalue weighted by atomic mass is 31.2.